The van der Waals surface area contributed by atoms with Crippen molar-refractivity contribution in [2.24, 2.45) is 5.73 Å². The van der Waals surface area contributed by atoms with Crippen LogP contribution in [0.3, 0.4) is 0 Å². The van der Waals surface area contributed by atoms with E-state index in [1.807, 2.05) is 24.3 Å². The lowest BCUT2D eigenvalue weighted by atomic mass is 9.98. The molecule has 2 aromatic carbocycles. The van der Waals surface area contributed by atoms with E-state index in [1.165, 1.54) is 17.7 Å². The van der Waals surface area contributed by atoms with Crippen LogP contribution in [0.5, 0.6) is 0 Å². The summed E-state index contributed by atoms with van der Waals surface area (Å²) in [6, 6.07) is 12.2. The van der Waals surface area contributed by atoms with E-state index in [-0.39, 0.29) is 11.1 Å². The normalized spacial score (nSPS) is 12.4. The summed E-state index contributed by atoms with van der Waals surface area (Å²) in [6.07, 6.45) is 0.863. The first-order valence-electron chi connectivity index (χ1n) is 6.40. The minimum atomic E-state index is -0.448. The first kappa shape index (κ1) is 15.0. The Balaban J connectivity index is 2.15. The maximum atomic E-state index is 13.5. The van der Waals surface area contributed by atoms with E-state index < -0.39 is 5.82 Å². The van der Waals surface area contributed by atoms with Gasteiger partial charge in [-0.3, -0.25) is 0 Å². The Morgan fingerprint density at radius 3 is 2.40 bits per heavy atom. The molecule has 2 aromatic rings. The highest BCUT2D eigenvalue weighted by molar-refractivity contribution is 6.30. The molecule has 0 aliphatic rings. The molecule has 20 heavy (non-hydrogen) atoms. The van der Waals surface area contributed by atoms with E-state index in [9.17, 15) is 4.39 Å². The summed E-state index contributed by atoms with van der Waals surface area (Å²) >= 11 is 5.67. The molecule has 106 valence electrons. The molecule has 0 saturated heterocycles. The molecular weight excluding hydrogens is 277 g/mol. The Labute approximate surface area is 123 Å². The third-order valence-electron chi connectivity index (χ3n) is 3.24. The van der Waals surface area contributed by atoms with Crippen molar-refractivity contribution in [2.45, 2.75) is 12.5 Å². The summed E-state index contributed by atoms with van der Waals surface area (Å²) in [5, 5.41) is 0.107. The summed E-state index contributed by atoms with van der Waals surface area (Å²) in [5.74, 6) is -0.448. The number of benzene rings is 2. The summed E-state index contributed by atoms with van der Waals surface area (Å²) in [5.41, 5.74) is 8.98. The van der Waals surface area contributed by atoms with Gasteiger partial charge in [-0.2, -0.15) is 0 Å². The molecule has 2 rings (SSSR count). The topological polar surface area (TPSA) is 35.2 Å². The SMILES string of the molecule is COCCc1ccc(C(N)c2ccc(Cl)c(F)c2)cc1. The van der Waals surface area contributed by atoms with Gasteiger partial charge in [0.25, 0.3) is 0 Å². The predicted molar refractivity (Wildman–Crippen MR) is 79.5 cm³/mol. The molecule has 1 atom stereocenters. The lowest BCUT2D eigenvalue weighted by molar-refractivity contribution is 0.202. The Kier molecular flexibility index (Phi) is 5.12. The molecular formula is C16H17ClFNO. The smallest absolute Gasteiger partial charge is 0.142 e. The van der Waals surface area contributed by atoms with E-state index in [4.69, 9.17) is 22.1 Å². The zero-order valence-corrected chi connectivity index (χ0v) is 12.0. The lowest BCUT2D eigenvalue weighted by Gasteiger charge is -2.13. The van der Waals surface area contributed by atoms with Gasteiger partial charge >= 0.3 is 0 Å². The number of nitrogens with two attached hydrogens (primary N) is 1. The molecule has 0 amide bonds. The van der Waals surface area contributed by atoms with Crippen LogP contribution in [0.2, 0.25) is 5.02 Å². The van der Waals surface area contributed by atoms with Crippen LogP contribution in [0, 0.1) is 5.82 Å². The molecule has 0 aliphatic carbocycles. The van der Waals surface area contributed by atoms with Crippen LogP contribution in [-0.2, 0) is 11.2 Å². The number of hydrogen-bond acceptors (Lipinski definition) is 2. The molecule has 0 bridgehead atoms. The molecule has 1 unspecified atom stereocenters. The van der Waals surface area contributed by atoms with Gasteiger partial charge in [-0.15, -0.1) is 0 Å². The summed E-state index contributed by atoms with van der Waals surface area (Å²) < 4.78 is 18.5. The summed E-state index contributed by atoms with van der Waals surface area (Å²) in [7, 11) is 1.68. The van der Waals surface area contributed by atoms with Crippen molar-refractivity contribution in [3.63, 3.8) is 0 Å². The molecule has 0 heterocycles. The van der Waals surface area contributed by atoms with Crippen molar-refractivity contribution < 1.29 is 9.13 Å². The minimum absolute atomic E-state index is 0.107. The second-order valence-electron chi connectivity index (χ2n) is 4.64. The number of ether oxygens (including phenoxy) is 1. The van der Waals surface area contributed by atoms with Gasteiger partial charge in [0, 0.05) is 7.11 Å². The zero-order chi connectivity index (χ0) is 14.5. The highest BCUT2D eigenvalue weighted by atomic mass is 35.5. The first-order chi connectivity index (χ1) is 9.61. The van der Waals surface area contributed by atoms with E-state index >= 15 is 0 Å². The van der Waals surface area contributed by atoms with Crippen molar-refractivity contribution >= 4 is 11.6 Å². The van der Waals surface area contributed by atoms with Crippen molar-refractivity contribution in [1.82, 2.24) is 0 Å². The number of methoxy groups -OCH3 is 1. The lowest BCUT2D eigenvalue weighted by Crippen LogP contribution is -2.12. The van der Waals surface area contributed by atoms with E-state index in [1.54, 1.807) is 13.2 Å². The van der Waals surface area contributed by atoms with Crippen LogP contribution >= 0.6 is 11.6 Å². The maximum Gasteiger partial charge on any atom is 0.142 e. The molecule has 0 radical (unpaired) electrons. The zero-order valence-electron chi connectivity index (χ0n) is 11.3. The van der Waals surface area contributed by atoms with Crippen molar-refractivity contribution in [3.8, 4) is 0 Å². The second kappa shape index (κ2) is 6.84. The highest BCUT2D eigenvalue weighted by Crippen LogP contribution is 2.24. The standard InChI is InChI=1S/C16H17ClFNO/c1-20-9-8-11-2-4-12(5-3-11)16(19)13-6-7-14(17)15(18)10-13/h2-7,10,16H,8-9,19H2,1H3. The van der Waals surface area contributed by atoms with E-state index in [0.29, 0.717) is 12.2 Å². The molecule has 2 N–H and O–H groups in total. The fourth-order valence-electron chi connectivity index (χ4n) is 2.01. The van der Waals surface area contributed by atoms with Crippen LogP contribution in [0.25, 0.3) is 0 Å². The van der Waals surface area contributed by atoms with Gasteiger partial charge in [-0.05, 0) is 35.2 Å². The average molecular weight is 294 g/mol. The monoisotopic (exact) mass is 293 g/mol. The van der Waals surface area contributed by atoms with Gasteiger partial charge in [0.15, 0.2) is 0 Å². The molecule has 0 aliphatic heterocycles. The Hall–Kier alpha value is -1.42. The minimum Gasteiger partial charge on any atom is -0.384 e. The van der Waals surface area contributed by atoms with Crippen LogP contribution in [0.15, 0.2) is 42.5 Å². The van der Waals surface area contributed by atoms with Gasteiger partial charge in [-0.1, -0.05) is 41.9 Å². The Morgan fingerprint density at radius 1 is 1.15 bits per heavy atom. The van der Waals surface area contributed by atoms with E-state index in [2.05, 4.69) is 0 Å². The van der Waals surface area contributed by atoms with Gasteiger partial charge in [0.1, 0.15) is 5.82 Å². The molecule has 0 saturated carbocycles. The summed E-state index contributed by atoms with van der Waals surface area (Å²) in [4.78, 5) is 0. The van der Waals surface area contributed by atoms with Crippen LogP contribution in [0.4, 0.5) is 4.39 Å². The molecule has 0 fully saturated rings. The molecule has 0 spiro atoms. The van der Waals surface area contributed by atoms with Crippen LogP contribution < -0.4 is 5.73 Å². The van der Waals surface area contributed by atoms with Crippen molar-refractivity contribution in [2.75, 3.05) is 13.7 Å². The Bertz CT molecular complexity index is 571. The number of halogens is 2. The Morgan fingerprint density at radius 2 is 1.80 bits per heavy atom. The maximum absolute atomic E-state index is 13.5. The average Bonchev–Trinajstić information content (AvgIpc) is 2.48. The fourth-order valence-corrected chi connectivity index (χ4v) is 2.13. The van der Waals surface area contributed by atoms with E-state index in [0.717, 1.165) is 12.0 Å². The van der Waals surface area contributed by atoms with Gasteiger partial charge in [0.05, 0.1) is 17.7 Å². The van der Waals surface area contributed by atoms with Crippen molar-refractivity contribution in [3.05, 3.63) is 70.0 Å². The molecule has 0 aromatic heterocycles. The predicted octanol–water partition coefficient (Wildman–Crippen LogP) is 3.72. The second-order valence-corrected chi connectivity index (χ2v) is 5.04. The molecule has 4 heteroatoms. The van der Waals surface area contributed by atoms with Gasteiger partial charge in [0.2, 0.25) is 0 Å². The first-order valence-corrected chi connectivity index (χ1v) is 6.78. The van der Waals surface area contributed by atoms with Gasteiger partial charge < -0.3 is 10.5 Å². The fraction of sp³-hybridized carbons (Fsp3) is 0.250. The largest absolute Gasteiger partial charge is 0.384 e. The van der Waals surface area contributed by atoms with Gasteiger partial charge in [-0.25, -0.2) is 4.39 Å². The molecule has 2 nitrogen and oxygen atoms in total. The van der Waals surface area contributed by atoms with Crippen LogP contribution in [-0.4, -0.2) is 13.7 Å². The van der Waals surface area contributed by atoms with Crippen molar-refractivity contribution in [1.29, 1.82) is 0 Å². The van der Waals surface area contributed by atoms with Crippen LogP contribution in [0.1, 0.15) is 22.7 Å². The number of hydrogen-bond donors (Lipinski definition) is 1. The third kappa shape index (κ3) is 3.57. The third-order valence-corrected chi connectivity index (χ3v) is 3.54. The quantitative estimate of drug-likeness (QED) is 0.912. The summed E-state index contributed by atoms with van der Waals surface area (Å²) in [6.45, 7) is 0.688. The number of rotatable bonds is 5. The highest BCUT2D eigenvalue weighted by Gasteiger charge is 2.11.